The Balaban J connectivity index is 2.81. The minimum atomic E-state index is 0.429. The van der Waals surface area contributed by atoms with Crippen LogP contribution in [-0.2, 0) is 0 Å². The molecule has 2 N–H and O–H groups in total. The molecule has 4 heteroatoms. The number of hydrogen-bond donors (Lipinski definition) is 1. The highest BCUT2D eigenvalue weighted by atomic mass is 35.5. The first-order valence-electron chi connectivity index (χ1n) is 5.18. The number of allylic oxidation sites excluding steroid dienone is 1. The number of benzene rings is 1. The fourth-order valence-corrected chi connectivity index (χ4v) is 2.00. The third kappa shape index (κ3) is 4.30. The SMILES string of the molecule is C=C(S/C=C(\N)c1ccc(Cl)c(Cl)c1)C(C)C. The van der Waals surface area contributed by atoms with Crippen LogP contribution in [0.4, 0.5) is 0 Å². The van der Waals surface area contributed by atoms with E-state index in [1.165, 1.54) is 11.8 Å². The highest BCUT2D eigenvalue weighted by molar-refractivity contribution is 8.05. The summed E-state index contributed by atoms with van der Waals surface area (Å²) in [7, 11) is 0. The molecule has 0 aromatic heterocycles. The fourth-order valence-electron chi connectivity index (χ4n) is 1.02. The predicted octanol–water partition coefficient (Wildman–Crippen LogP) is 5.15. The predicted molar refractivity (Wildman–Crippen MR) is 80.2 cm³/mol. The minimum absolute atomic E-state index is 0.429. The van der Waals surface area contributed by atoms with Gasteiger partial charge < -0.3 is 5.73 Å². The molecule has 0 saturated heterocycles. The summed E-state index contributed by atoms with van der Waals surface area (Å²) < 4.78 is 0. The molecule has 1 aromatic carbocycles. The van der Waals surface area contributed by atoms with Crippen molar-refractivity contribution in [1.82, 2.24) is 0 Å². The lowest BCUT2D eigenvalue weighted by Crippen LogP contribution is -1.96. The van der Waals surface area contributed by atoms with Crippen LogP contribution >= 0.6 is 35.0 Å². The van der Waals surface area contributed by atoms with Gasteiger partial charge in [-0.1, -0.05) is 49.7 Å². The summed E-state index contributed by atoms with van der Waals surface area (Å²) in [6, 6.07) is 5.34. The van der Waals surface area contributed by atoms with E-state index < -0.39 is 0 Å². The maximum Gasteiger partial charge on any atom is 0.0599 e. The van der Waals surface area contributed by atoms with Gasteiger partial charge in [0.2, 0.25) is 0 Å². The number of thioether (sulfide) groups is 1. The first kappa shape index (κ1) is 14.5. The quantitative estimate of drug-likeness (QED) is 0.828. The molecule has 0 saturated carbocycles. The topological polar surface area (TPSA) is 26.0 Å². The van der Waals surface area contributed by atoms with Crippen LogP contribution in [0.1, 0.15) is 19.4 Å². The standard InChI is InChI=1S/C13H15Cl2NS/c1-8(2)9(3)17-7-13(16)10-4-5-11(14)12(15)6-10/h4-8H,3,16H2,1-2H3/b13-7-. The van der Waals surface area contributed by atoms with Crippen LogP contribution in [0.3, 0.4) is 0 Å². The molecule has 0 atom stereocenters. The lowest BCUT2D eigenvalue weighted by molar-refractivity contribution is 0.820. The summed E-state index contributed by atoms with van der Waals surface area (Å²) in [6.45, 7) is 8.16. The van der Waals surface area contributed by atoms with Crippen LogP contribution in [0, 0.1) is 5.92 Å². The second-order valence-corrected chi connectivity index (χ2v) is 5.75. The largest absolute Gasteiger partial charge is 0.398 e. The normalized spacial score (nSPS) is 11.9. The Labute approximate surface area is 117 Å². The Kier molecular flexibility index (Phi) is 5.44. The smallest absolute Gasteiger partial charge is 0.0599 e. The Bertz CT molecular complexity index is 453. The van der Waals surface area contributed by atoms with Crippen molar-refractivity contribution in [2.75, 3.05) is 0 Å². The first-order chi connectivity index (χ1) is 7.91. The Morgan fingerprint density at radius 2 is 2.00 bits per heavy atom. The highest BCUT2D eigenvalue weighted by Crippen LogP contribution is 2.28. The lowest BCUT2D eigenvalue weighted by atomic mass is 10.2. The minimum Gasteiger partial charge on any atom is -0.398 e. The first-order valence-corrected chi connectivity index (χ1v) is 6.82. The third-order valence-corrected chi connectivity index (χ3v) is 4.12. The zero-order valence-electron chi connectivity index (χ0n) is 9.84. The molecule has 1 aromatic rings. The van der Waals surface area contributed by atoms with Crippen molar-refractivity contribution in [2.45, 2.75) is 13.8 Å². The molecular weight excluding hydrogens is 273 g/mol. The average Bonchev–Trinajstić information content (AvgIpc) is 2.28. The Hall–Kier alpha value is -0.570. The molecule has 0 unspecified atom stereocenters. The molecule has 0 heterocycles. The van der Waals surface area contributed by atoms with Crippen molar-refractivity contribution in [2.24, 2.45) is 11.7 Å². The summed E-state index contributed by atoms with van der Waals surface area (Å²) >= 11 is 13.3. The van der Waals surface area contributed by atoms with Gasteiger partial charge in [0.15, 0.2) is 0 Å². The van der Waals surface area contributed by atoms with Crippen molar-refractivity contribution in [1.29, 1.82) is 0 Å². The zero-order chi connectivity index (χ0) is 13.0. The van der Waals surface area contributed by atoms with Crippen molar-refractivity contribution < 1.29 is 0 Å². The molecule has 0 amide bonds. The van der Waals surface area contributed by atoms with Gasteiger partial charge in [0.05, 0.1) is 10.0 Å². The van der Waals surface area contributed by atoms with Gasteiger partial charge in [0, 0.05) is 5.70 Å². The van der Waals surface area contributed by atoms with E-state index in [4.69, 9.17) is 28.9 Å². The van der Waals surface area contributed by atoms with Crippen LogP contribution in [0.15, 0.2) is 35.1 Å². The number of rotatable bonds is 4. The Morgan fingerprint density at radius 3 is 2.53 bits per heavy atom. The van der Waals surface area contributed by atoms with E-state index >= 15 is 0 Å². The molecule has 0 aliphatic rings. The second kappa shape index (κ2) is 6.39. The van der Waals surface area contributed by atoms with Gasteiger partial charge in [-0.25, -0.2) is 0 Å². The van der Waals surface area contributed by atoms with Crippen LogP contribution < -0.4 is 5.73 Å². The molecule has 0 radical (unpaired) electrons. The second-order valence-electron chi connectivity index (χ2n) is 3.94. The maximum absolute atomic E-state index is 5.96. The van der Waals surface area contributed by atoms with E-state index in [0.29, 0.717) is 21.7 Å². The van der Waals surface area contributed by atoms with E-state index in [1.54, 1.807) is 12.1 Å². The summed E-state index contributed by atoms with van der Waals surface area (Å²) in [5, 5.41) is 2.91. The van der Waals surface area contributed by atoms with Crippen LogP contribution in [-0.4, -0.2) is 0 Å². The number of hydrogen-bond acceptors (Lipinski definition) is 2. The van der Waals surface area contributed by atoms with Crippen molar-refractivity contribution >= 4 is 40.7 Å². The van der Waals surface area contributed by atoms with Crippen LogP contribution in [0.5, 0.6) is 0 Å². The molecule has 0 bridgehead atoms. The highest BCUT2D eigenvalue weighted by Gasteiger charge is 2.03. The summed E-state index contributed by atoms with van der Waals surface area (Å²) in [6.07, 6.45) is 0. The van der Waals surface area contributed by atoms with Crippen LogP contribution in [0.25, 0.3) is 5.70 Å². The van der Waals surface area contributed by atoms with E-state index in [1.807, 2.05) is 11.5 Å². The molecule has 0 fully saturated rings. The summed E-state index contributed by atoms with van der Waals surface area (Å²) in [5.41, 5.74) is 7.49. The monoisotopic (exact) mass is 287 g/mol. The number of nitrogens with two attached hydrogens (primary N) is 1. The number of halogens is 2. The summed E-state index contributed by atoms with van der Waals surface area (Å²) in [5.74, 6) is 0.429. The van der Waals surface area contributed by atoms with Gasteiger partial charge in [-0.05, 0) is 33.9 Å². The Morgan fingerprint density at radius 1 is 1.35 bits per heavy atom. The van der Waals surface area contributed by atoms with E-state index in [2.05, 4.69) is 20.4 Å². The molecular formula is C13H15Cl2NS. The molecule has 0 aliphatic heterocycles. The lowest BCUT2D eigenvalue weighted by Gasteiger charge is -2.07. The van der Waals surface area contributed by atoms with Crippen LogP contribution in [0.2, 0.25) is 10.0 Å². The fraction of sp³-hybridized carbons (Fsp3) is 0.231. The van der Waals surface area contributed by atoms with E-state index in [-0.39, 0.29) is 0 Å². The molecule has 92 valence electrons. The molecule has 0 aliphatic carbocycles. The van der Waals surface area contributed by atoms with Gasteiger partial charge in [0.1, 0.15) is 0 Å². The van der Waals surface area contributed by atoms with Crippen molar-refractivity contribution in [3.63, 3.8) is 0 Å². The van der Waals surface area contributed by atoms with Crippen molar-refractivity contribution in [3.05, 3.63) is 50.7 Å². The summed E-state index contributed by atoms with van der Waals surface area (Å²) in [4.78, 5) is 1.08. The van der Waals surface area contributed by atoms with Gasteiger partial charge in [-0.2, -0.15) is 0 Å². The van der Waals surface area contributed by atoms with Gasteiger partial charge in [-0.3, -0.25) is 0 Å². The van der Waals surface area contributed by atoms with Gasteiger partial charge in [0.25, 0.3) is 0 Å². The van der Waals surface area contributed by atoms with Gasteiger partial charge in [-0.15, -0.1) is 11.8 Å². The molecule has 1 rings (SSSR count). The van der Waals surface area contributed by atoms with Gasteiger partial charge >= 0.3 is 0 Å². The van der Waals surface area contributed by atoms with Crippen molar-refractivity contribution in [3.8, 4) is 0 Å². The third-order valence-electron chi connectivity index (χ3n) is 2.23. The maximum atomic E-state index is 5.96. The average molecular weight is 288 g/mol. The molecule has 0 spiro atoms. The molecule has 17 heavy (non-hydrogen) atoms. The van der Waals surface area contributed by atoms with E-state index in [0.717, 1.165) is 10.5 Å². The van der Waals surface area contributed by atoms with E-state index in [9.17, 15) is 0 Å². The zero-order valence-corrected chi connectivity index (χ0v) is 12.2. The molecule has 1 nitrogen and oxygen atoms in total.